The fraction of sp³-hybridized carbons (Fsp3) is 0.0556. The summed E-state index contributed by atoms with van der Waals surface area (Å²) in [5.41, 5.74) is 1.27. The number of nitrogens with zero attached hydrogens (tertiary/aromatic N) is 3. The highest BCUT2D eigenvalue weighted by Crippen LogP contribution is 2.42. The molecule has 9 heteroatoms. The summed E-state index contributed by atoms with van der Waals surface area (Å²) in [4.78, 5) is 13.1. The van der Waals surface area contributed by atoms with Crippen LogP contribution < -0.4 is 4.74 Å². The van der Waals surface area contributed by atoms with Crippen molar-refractivity contribution in [3.05, 3.63) is 63.4 Å². The van der Waals surface area contributed by atoms with Gasteiger partial charge in [0.1, 0.15) is 5.52 Å². The van der Waals surface area contributed by atoms with Crippen LogP contribution in [-0.4, -0.2) is 15.0 Å². The van der Waals surface area contributed by atoms with E-state index in [1.165, 1.54) is 0 Å². The fourth-order valence-electron chi connectivity index (χ4n) is 2.59. The van der Waals surface area contributed by atoms with E-state index in [9.17, 15) is 0 Å². The van der Waals surface area contributed by atoms with Gasteiger partial charge in [0.2, 0.25) is 9.67 Å². The van der Waals surface area contributed by atoms with Crippen LogP contribution in [0.25, 0.3) is 21.8 Å². The van der Waals surface area contributed by atoms with Crippen molar-refractivity contribution >= 4 is 88.5 Å². The second-order valence-corrected chi connectivity index (χ2v) is 9.53. The van der Waals surface area contributed by atoms with Gasteiger partial charge in [0.25, 0.3) is 0 Å². The number of ether oxygens (including phenoxy) is 1. The van der Waals surface area contributed by atoms with Gasteiger partial charge in [-0.25, -0.2) is 4.98 Å². The molecule has 136 valence electrons. The number of fused-ring (bicyclic) bond motifs is 2. The first kappa shape index (κ1) is 19.2. The summed E-state index contributed by atoms with van der Waals surface area (Å²) in [6.45, 7) is 0. The molecule has 0 radical (unpaired) electrons. The van der Waals surface area contributed by atoms with Crippen LogP contribution >= 0.6 is 66.7 Å². The van der Waals surface area contributed by atoms with E-state index in [2.05, 4.69) is 46.8 Å². The van der Waals surface area contributed by atoms with Crippen LogP contribution in [0.3, 0.4) is 0 Å². The molecule has 0 amide bonds. The lowest BCUT2D eigenvalue weighted by atomic mass is 10.2. The molecule has 0 unspecified atom stereocenters. The van der Waals surface area contributed by atoms with Gasteiger partial charge in [-0.05, 0) is 40.2 Å². The maximum Gasteiger partial charge on any atom is 0.250 e. The molecule has 0 saturated carbocycles. The third kappa shape index (κ3) is 3.74. The summed E-state index contributed by atoms with van der Waals surface area (Å²) < 4.78 is 5.99. The third-order valence-electron chi connectivity index (χ3n) is 3.77. The predicted octanol–water partition coefficient (Wildman–Crippen LogP) is 7.32. The molecule has 4 rings (SSSR count). The van der Waals surface area contributed by atoms with Crippen molar-refractivity contribution < 1.29 is 4.74 Å². The van der Waals surface area contributed by atoms with Crippen LogP contribution in [0.1, 0.15) is 5.82 Å². The van der Waals surface area contributed by atoms with Crippen LogP contribution in [0.4, 0.5) is 0 Å². The highest BCUT2D eigenvalue weighted by molar-refractivity contribution is 9.11. The number of benzene rings is 2. The van der Waals surface area contributed by atoms with Crippen LogP contribution in [-0.2, 0) is 3.79 Å². The first-order valence-electron chi connectivity index (χ1n) is 7.59. The van der Waals surface area contributed by atoms with E-state index < -0.39 is 3.79 Å². The number of alkyl halides is 3. The summed E-state index contributed by atoms with van der Waals surface area (Å²) in [6, 6.07) is 13.0. The van der Waals surface area contributed by atoms with Crippen molar-refractivity contribution in [2.75, 3.05) is 0 Å². The number of pyridine rings is 1. The van der Waals surface area contributed by atoms with Crippen molar-refractivity contribution in [3.63, 3.8) is 0 Å². The maximum atomic E-state index is 6.17. The molecule has 2 aromatic carbocycles. The molecule has 0 bridgehead atoms. The van der Waals surface area contributed by atoms with Crippen molar-refractivity contribution in [2.45, 2.75) is 3.79 Å². The first-order valence-corrected chi connectivity index (χ1v) is 10.3. The lowest BCUT2D eigenvalue weighted by Crippen LogP contribution is -2.08. The predicted molar refractivity (Wildman–Crippen MR) is 116 cm³/mol. The Morgan fingerprint density at radius 1 is 0.889 bits per heavy atom. The van der Waals surface area contributed by atoms with Gasteiger partial charge in [0, 0.05) is 16.1 Å². The van der Waals surface area contributed by atoms with Crippen molar-refractivity contribution in [3.8, 4) is 11.6 Å². The first-order chi connectivity index (χ1) is 12.8. The largest absolute Gasteiger partial charge is 0.435 e. The Bertz CT molecular complexity index is 1180. The van der Waals surface area contributed by atoms with E-state index in [1.807, 2.05) is 36.4 Å². The van der Waals surface area contributed by atoms with Crippen LogP contribution in [0.2, 0.25) is 0 Å². The zero-order valence-corrected chi connectivity index (χ0v) is 18.7. The average Bonchev–Trinajstić information content (AvgIpc) is 2.64. The van der Waals surface area contributed by atoms with Gasteiger partial charge >= 0.3 is 0 Å². The van der Waals surface area contributed by atoms with Crippen molar-refractivity contribution in [1.29, 1.82) is 0 Å². The Hall–Kier alpha value is -1.18. The topological polar surface area (TPSA) is 47.9 Å². The zero-order chi connectivity index (χ0) is 19.2. The molecule has 0 aliphatic heterocycles. The smallest absolute Gasteiger partial charge is 0.250 e. The molecule has 27 heavy (non-hydrogen) atoms. The molecule has 2 heterocycles. The molecular weight excluding hydrogens is 540 g/mol. The highest BCUT2D eigenvalue weighted by Gasteiger charge is 2.29. The van der Waals surface area contributed by atoms with Crippen LogP contribution in [0.5, 0.6) is 11.6 Å². The van der Waals surface area contributed by atoms with Gasteiger partial charge in [-0.15, -0.1) is 0 Å². The molecule has 0 spiro atoms. The van der Waals surface area contributed by atoms with Gasteiger partial charge in [-0.2, -0.15) is 4.98 Å². The van der Waals surface area contributed by atoms with E-state index in [1.54, 1.807) is 12.3 Å². The molecule has 2 aromatic heterocycles. The summed E-state index contributed by atoms with van der Waals surface area (Å²) in [7, 11) is 0. The number of hydrogen-bond acceptors (Lipinski definition) is 4. The number of rotatable bonds is 2. The fourth-order valence-corrected chi connectivity index (χ4v) is 4.20. The van der Waals surface area contributed by atoms with Gasteiger partial charge in [-0.1, -0.05) is 68.9 Å². The lowest BCUT2D eigenvalue weighted by molar-refractivity contribution is 0.467. The summed E-state index contributed by atoms with van der Waals surface area (Å²) in [5.74, 6) is 0.816. The third-order valence-corrected chi connectivity index (χ3v) is 5.52. The average molecular weight is 548 g/mol. The molecule has 4 aromatic rings. The minimum absolute atomic E-state index is 0.0340. The number of hydrogen-bond donors (Lipinski definition) is 0. The highest BCUT2D eigenvalue weighted by atomic mass is 79.9. The van der Waals surface area contributed by atoms with Crippen LogP contribution in [0.15, 0.2) is 57.6 Å². The summed E-state index contributed by atoms with van der Waals surface area (Å²) >= 11 is 25.1. The molecule has 0 aliphatic rings. The van der Waals surface area contributed by atoms with Crippen LogP contribution in [0, 0.1) is 0 Å². The Kier molecular flexibility index (Phi) is 5.20. The maximum absolute atomic E-state index is 6.17. The van der Waals surface area contributed by atoms with E-state index in [-0.39, 0.29) is 11.7 Å². The minimum atomic E-state index is -1.78. The molecule has 0 N–H and O–H groups in total. The Balaban J connectivity index is 1.96. The molecule has 0 aliphatic carbocycles. The zero-order valence-electron chi connectivity index (χ0n) is 13.3. The van der Waals surface area contributed by atoms with Gasteiger partial charge in [0.15, 0.2) is 11.6 Å². The molecule has 0 saturated heterocycles. The number of halogens is 5. The van der Waals surface area contributed by atoms with E-state index in [0.717, 1.165) is 9.86 Å². The van der Waals surface area contributed by atoms with Gasteiger partial charge in [-0.3, -0.25) is 4.98 Å². The standard InChI is InChI=1S/C18H8Br2Cl3N3O/c19-11-8-12(20)15(14-9(11)5-3-7-24-14)27-16-10-4-1-2-6-13(10)25-17(26-16)18(21,22)23/h1-8H. The molecule has 0 fully saturated rings. The Morgan fingerprint density at radius 2 is 1.63 bits per heavy atom. The van der Waals surface area contributed by atoms with Gasteiger partial charge in [0.05, 0.1) is 15.4 Å². The minimum Gasteiger partial charge on any atom is -0.435 e. The summed E-state index contributed by atoms with van der Waals surface area (Å²) in [5, 5.41) is 1.59. The van der Waals surface area contributed by atoms with E-state index in [4.69, 9.17) is 39.5 Å². The number of para-hydroxylation sites is 1. The Morgan fingerprint density at radius 3 is 2.41 bits per heavy atom. The monoisotopic (exact) mass is 545 g/mol. The number of aromatic nitrogens is 3. The van der Waals surface area contributed by atoms with Crippen molar-refractivity contribution in [1.82, 2.24) is 15.0 Å². The normalized spacial score (nSPS) is 11.9. The molecule has 4 nitrogen and oxygen atoms in total. The molecule has 0 atom stereocenters. The second-order valence-electron chi connectivity index (χ2n) is 5.54. The SMILES string of the molecule is ClC(Cl)(Cl)c1nc(Oc2c(Br)cc(Br)c3cccnc23)c2ccccc2n1. The van der Waals surface area contributed by atoms with E-state index in [0.29, 0.717) is 26.6 Å². The lowest BCUT2D eigenvalue weighted by Gasteiger charge is -2.15. The van der Waals surface area contributed by atoms with E-state index >= 15 is 0 Å². The molecular formula is C18H8Br2Cl3N3O. The Labute approximate surface area is 186 Å². The van der Waals surface area contributed by atoms with Gasteiger partial charge < -0.3 is 4.74 Å². The quantitative estimate of drug-likeness (QED) is 0.246. The summed E-state index contributed by atoms with van der Waals surface area (Å²) in [6.07, 6.45) is 1.69. The van der Waals surface area contributed by atoms with Crippen molar-refractivity contribution in [2.24, 2.45) is 0 Å². The second kappa shape index (κ2) is 7.33.